The lowest BCUT2D eigenvalue weighted by atomic mass is 10.3. The fourth-order valence-electron chi connectivity index (χ4n) is 2.21. The highest BCUT2D eigenvalue weighted by Gasteiger charge is 2.19. The molecule has 0 aliphatic carbocycles. The molecule has 1 aliphatic rings. The van der Waals surface area contributed by atoms with Crippen molar-refractivity contribution in [2.75, 3.05) is 46.4 Å². The molecule has 2 amide bonds. The van der Waals surface area contributed by atoms with Gasteiger partial charge in [0.2, 0.25) is 11.8 Å². The molecule has 0 aromatic heterocycles. The number of amides is 2. The van der Waals surface area contributed by atoms with Crippen LogP contribution in [-0.2, 0) is 9.59 Å². The molecule has 0 atom stereocenters. The summed E-state index contributed by atoms with van der Waals surface area (Å²) in [4.78, 5) is 27.6. The molecular formula is C16H23N3O3. The summed E-state index contributed by atoms with van der Waals surface area (Å²) in [6, 6.07) is 9.35. The van der Waals surface area contributed by atoms with E-state index in [4.69, 9.17) is 4.74 Å². The highest BCUT2D eigenvalue weighted by molar-refractivity contribution is 5.84. The van der Waals surface area contributed by atoms with E-state index in [2.05, 4.69) is 10.2 Å². The standard InChI is InChI=1S/C16H23N3O3/c1-18-8-10-19(11-9-18)16(21)13-17-15(20)7-12-22-14-5-3-2-4-6-14/h2-6H,7-13H2,1H3,(H,17,20). The van der Waals surface area contributed by atoms with Crippen molar-refractivity contribution in [3.63, 3.8) is 0 Å². The largest absolute Gasteiger partial charge is 0.493 e. The average Bonchev–Trinajstić information content (AvgIpc) is 2.54. The van der Waals surface area contributed by atoms with Crippen LogP contribution in [0.25, 0.3) is 0 Å². The Morgan fingerprint density at radius 2 is 1.82 bits per heavy atom. The number of ether oxygens (including phenoxy) is 1. The Kier molecular flexibility index (Phi) is 6.21. The van der Waals surface area contributed by atoms with Crippen molar-refractivity contribution >= 4 is 11.8 Å². The number of likely N-dealkylation sites (N-methyl/N-ethyl adjacent to an activating group) is 1. The Hall–Kier alpha value is -2.08. The van der Waals surface area contributed by atoms with Crippen LogP contribution < -0.4 is 10.1 Å². The van der Waals surface area contributed by atoms with Gasteiger partial charge in [0.25, 0.3) is 0 Å². The van der Waals surface area contributed by atoms with E-state index in [1.54, 1.807) is 4.90 Å². The number of benzene rings is 1. The van der Waals surface area contributed by atoms with Gasteiger partial charge in [0.05, 0.1) is 19.6 Å². The lowest BCUT2D eigenvalue weighted by Crippen LogP contribution is -2.50. The second-order valence-corrected chi connectivity index (χ2v) is 5.37. The van der Waals surface area contributed by atoms with Crippen LogP contribution in [0.5, 0.6) is 5.75 Å². The molecule has 0 spiro atoms. The van der Waals surface area contributed by atoms with Crippen molar-refractivity contribution in [1.82, 2.24) is 15.1 Å². The number of carbonyl (C=O) groups is 2. The number of nitrogens with zero attached hydrogens (tertiary/aromatic N) is 2. The molecule has 1 fully saturated rings. The van der Waals surface area contributed by atoms with Crippen LogP contribution in [0.2, 0.25) is 0 Å². The Morgan fingerprint density at radius 1 is 1.14 bits per heavy atom. The third kappa shape index (κ3) is 5.37. The first-order valence-corrected chi connectivity index (χ1v) is 7.56. The van der Waals surface area contributed by atoms with Gasteiger partial charge in [0, 0.05) is 26.2 Å². The zero-order chi connectivity index (χ0) is 15.8. The summed E-state index contributed by atoms with van der Waals surface area (Å²) in [5.74, 6) is 0.549. The third-order valence-corrected chi connectivity index (χ3v) is 3.63. The maximum atomic E-state index is 12.0. The van der Waals surface area contributed by atoms with Gasteiger partial charge in [-0.1, -0.05) is 18.2 Å². The van der Waals surface area contributed by atoms with Crippen molar-refractivity contribution < 1.29 is 14.3 Å². The molecule has 22 heavy (non-hydrogen) atoms. The summed E-state index contributed by atoms with van der Waals surface area (Å²) in [7, 11) is 2.04. The molecule has 1 aliphatic heterocycles. The van der Waals surface area contributed by atoms with Gasteiger partial charge in [0.15, 0.2) is 0 Å². The Bertz CT molecular complexity index is 485. The summed E-state index contributed by atoms with van der Waals surface area (Å²) >= 11 is 0. The zero-order valence-electron chi connectivity index (χ0n) is 13.0. The summed E-state index contributed by atoms with van der Waals surface area (Å²) in [6.07, 6.45) is 0.241. The van der Waals surface area contributed by atoms with E-state index < -0.39 is 0 Å². The van der Waals surface area contributed by atoms with Gasteiger partial charge in [0.1, 0.15) is 5.75 Å². The molecule has 6 nitrogen and oxygen atoms in total. The first-order valence-electron chi connectivity index (χ1n) is 7.56. The number of hydrogen-bond donors (Lipinski definition) is 1. The zero-order valence-corrected chi connectivity index (χ0v) is 13.0. The summed E-state index contributed by atoms with van der Waals surface area (Å²) in [5.41, 5.74) is 0. The van der Waals surface area contributed by atoms with Gasteiger partial charge in [-0.15, -0.1) is 0 Å². The molecule has 0 bridgehead atoms. The topological polar surface area (TPSA) is 61.9 Å². The molecular weight excluding hydrogens is 282 g/mol. The van der Waals surface area contributed by atoms with E-state index in [0.29, 0.717) is 6.61 Å². The van der Waals surface area contributed by atoms with E-state index in [-0.39, 0.29) is 24.8 Å². The number of para-hydroxylation sites is 1. The second kappa shape index (κ2) is 8.38. The predicted molar refractivity (Wildman–Crippen MR) is 83.6 cm³/mol. The normalized spacial score (nSPS) is 15.4. The number of nitrogens with one attached hydrogen (secondary N) is 1. The lowest BCUT2D eigenvalue weighted by Gasteiger charge is -2.32. The van der Waals surface area contributed by atoms with E-state index in [1.165, 1.54) is 0 Å². The number of hydrogen-bond acceptors (Lipinski definition) is 4. The third-order valence-electron chi connectivity index (χ3n) is 3.63. The van der Waals surface area contributed by atoms with Gasteiger partial charge < -0.3 is 19.9 Å². The second-order valence-electron chi connectivity index (χ2n) is 5.37. The van der Waals surface area contributed by atoms with E-state index in [1.807, 2.05) is 37.4 Å². The van der Waals surface area contributed by atoms with E-state index >= 15 is 0 Å². The predicted octanol–water partition coefficient (Wildman–Crippen LogP) is 0.346. The Balaban J connectivity index is 1.60. The summed E-state index contributed by atoms with van der Waals surface area (Å²) in [5, 5.41) is 2.65. The fourth-order valence-corrected chi connectivity index (χ4v) is 2.21. The van der Waals surface area contributed by atoms with Gasteiger partial charge in [-0.05, 0) is 19.2 Å². The lowest BCUT2D eigenvalue weighted by molar-refractivity contribution is -0.134. The molecule has 6 heteroatoms. The minimum Gasteiger partial charge on any atom is -0.493 e. The molecule has 1 N–H and O–H groups in total. The highest BCUT2D eigenvalue weighted by Crippen LogP contribution is 2.08. The smallest absolute Gasteiger partial charge is 0.242 e. The summed E-state index contributed by atoms with van der Waals surface area (Å²) in [6.45, 7) is 3.58. The molecule has 1 aromatic carbocycles. The molecule has 1 saturated heterocycles. The molecule has 1 heterocycles. The quantitative estimate of drug-likeness (QED) is 0.823. The first-order chi connectivity index (χ1) is 10.6. The average molecular weight is 305 g/mol. The van der Waals surface area contributed by atoms with Gasteiger partial charge in [-0.25, -0.2) is 0 Å². The fraction of sp³-hybridized carbons (Fsp3) is 0.500. The molecule has 2 rings (SSSR count). The van der Waals surface area contributed by atoms with E-state index in [0.717, 1.165) is 31.9 Å². The van der Waals surface area contributed by atoms with Crippen molar-refractivity contribution in [2.24, 2.45) is 0 Å². The molecule has 1 aromatic rings. The minimum atomic E-state index is -0.168. The first kappa shape index (κ1) is 16.3. The maximum Gasteiger partial charge on any atom is 0.242 e. The van der Waals surface area contributed by atoms with Gasteiger partial charge in [-0.3, -0.25) is 9.59 Å². The van der Waals surface area contributed by atoms with Crippen LogP contribution in [0, 0.1) is 0 Å². The van der Waals surface area contributed by atoms with Crippen LogP contribution in [0.4, 0.5) is 0 Å². The van der Waals surface area contributed by atoms with Crippen molar-refractivity contribution in [3.8, 4) is 5.75 Å². The summed E-state index contributed by atoms with van der Waals surface area (Å²) < 4.78 is 5.45. The minimum absolute atomic E-state index is 0.0228. The number of carbonyl (C=O) groups excluding carboxylic acids is 2. The molecule has 120 valence electrons. The van der Waals surface area contributed by atoms with Crippen molar-refractivity contribution in [3.05, 3.63) is 30.3 Å². The van der Waals surface area contributed by atoms with Crippen LogP contribution in [-0.4, -0.2) is 68.0 Å². The van der Waals surface area contributed by atoms with Crippen LogP contribution in [0.15, 0.2) is 30.3 Å². The Labute approximate surface area is 131 Å². The van der Waals surface area contributed by atoms with Crippen LogP contribution in [0.1, 0.15) is 6.42 Å². The molecule has 0 unspecified atom stereocenters. The van der Waals surface area contributed by atoms with Crippen LogP contribution in [0.3, 0.4) is 0 Å². The molecule has 0 saturated carbocycles. The Morgan fingerprint density at radius 3 is 2.50 bits per heavy atom. The van der Waals surface area contributed by atoms with Gasteiger partial charge in [-0.2, -0.15) is 0 Å². The molecule has 0 radical (unpaired) electrons. The van der Waals surface area contributed by atoms with E-state index in [9.17, 15) is 9.59 Å². The van der Waals surface area contributed by atoms with Crippen LogP contribution >= 0.6 is 0 Å². The van der Waals surface area contributed by atoms with Crippen molar-refractivity contribution in [2.45, 2.75) is 6.42 Å². The SMILES string of the molecule is CN1CCN(C(=O)CNC(=O)CCOc2ccccc2)CC1. The number of rotatable bonds is 6. The number of piperazine rings is 1. The monoisotopic (exact) mass is 305 g/mol. The van der Waals surface area contributed by atoms with Gasteiger partial charge >= 0.3 is 0 Å². The maximum absolute atomic E-state index is 12.0. The highest BCUT2D eigenvalue weighted by atomic mass is 16.5. The van der Waals surface area contributed by atoms with Crippen molar-refractivity contribution in [1.29, 1.82) is 0 Å².